The topological polar surface area (TPSA) is 53.6 Å². The summed E-state index contributed by atoms with van der Waals surface area (Å²) in [7, 11) is 3.75. The van der Waals surface area contributed by atoms with Gasteiger partial charge in [0, 0.05) is 20.6 Å². The van der Waals surface area contributed by atoms with Crippen molar-refractivity contribution in [1.29, 1.82) is 0 Å². The molecular weight excluding hydrogens is 152 g/mol. The van der Waals surface area contributed by atoms with Crippen molar-refractivity contribution < 1.29 is 0 Å². The molecule has 0 aromatic carbocycles. The van der Waals surface area contributed by atoms with Crippen molar-refractivity contribution >= 4 is 5.96 Å². The van der Waals surface area contributed by atoms with E-state index < -0.39 is 0 Å². The molecule has 2 atom stereocenters. The zero-order chi connectivity index (χ0) is 9.14. The number of nitrogens with one attached hydrogen (secondary N) is 1. The Kier molecular flexibility index (Phi) is 2.92. The molecule has 1 saturated carbocycles. The Morgan fingerprint density at radius 1 is 1.75 bits per heavy atom. The minimum Gasteiger partial charge on any atom is -0.345 e. The molecule has 1 aliphatic carbocycles. The third kappa shape index (κ3) is 2.11. The van der Waals surface area contributed by atoms with Gasteiger partial charge in [0.1, 0.15) is 0 Å². The summed E-state index contributed by atoms with van der Waals surface area (Å²) >= 11 is 0. The number of guanidine groups is 1. The maximum atomic E-state index is 5.29. The molecule has 1 rings (SSSR count). The van der Waals surface area contributed by atoms with Gasteiger partial charge in [-0.3, -0.25) is 10.4 Å². The van der Waals surface area contributed by atoms with Gasteiger partial charge in [-0.1, -0.05) is 6.92 Å². The van der Waals surface area contributed by atoms with Crippen LogP contribution < -0.4 is 11.3 Å². The van der Waals surface area contributed by atoms with Crippen LogP contribution in [0.25, 0.3) is 0 Å². The number of hydrogen-bond donors (Lipinski definition) is 2. The van der Waals surface area contributed by atoms with E-state index in [0.717, 1.165) is 24.3 Å². The third-order valence-electron chi connectivity index (χ3n) is 2.49. The predicted molar refractivity (Wildman–Crippen MR) is 50.6 cm³/mol. The van der Waals surface area contributed by atoms with Crippen LogP contribution in [0, 0.1) is 11.8 Å². The smallest absolute Gasteiger partial charge is 0.207 e. The van der Waals surface area contributed by atoms with Crippen LogP contribution in [-0.2, 0) is 0 Å². The highest BCUT2D eigenvalue weighted by atomic mass is 15.4. The van der Waals surface area contributed by atoms with Crippen molar-refractivity contribution in [1.82, 2.24) is 10.3 Å². The summed E-state index contributed by atoms with van der Waals surface area (Å²) < 4.78 is 0. The summed E-state index contributed by atoms with van der Waals surface area (Å²) in [5.41, 5.74) is 2.58. The molecule has 1 aliphatic rings. The minimum atomic E-state index is 0.758. The van der Waals surface area contributed by atoms with Gasteiger partial charge in [-0.2, -0.15) is 0 Å². The number of nitrogens with two attached hydrogens (primary N) is 1. The molecule has 0 aromatic heterocycles. The first-order valence-corrected chi connectivity index (χ1v) is 4.33. The average molecular weight is 170 g/mol. The van der Waals surface area contributed by atoms with Crippen molar-refractivity contribution in [3.05, 3.63) is 0 Å². The second-order valence-corrected chi connectivity index (χ2v) is 3.55. The number of hydrogen-bond acceptors (Lipinski definition) is 2. The van der Waals surface area contributed by atoms with Crippen LogP contribution in [0.2, 0.25) is 0 Å². The highest BCUT2D eigenvalue weighted by molar-refractivity contribution is 5.78. The Balaban J connectivity index is 2.31. The number of aliphatic imine (C=N–C) groups is 1. The van der Waals surface area contributed by atoms with E-state index in [1.54, 1.807) is 7.05 Å². The predicted octanol–water partition coefficient (Wildman–Crippen LogP) is 0.0233. The number of nitrogens with zero attached hydrogens (tertiary/aromatic N) is 2. The molecule has 2 unspecified atom stereocenters. The van der Waals surface area contributed by atoms with Crippen LogP contribution in [0.5, 0.6) is 0 Å². The minimum absolute atomic E-state index is 0.758. The van der Waals surface area contributed by atoms with E-state index >= 15 is 0 Å². The van der Waals surface area contributed by atoms with Gasteiger partial charge in [0.2, 0.25) is 5.96 Å². The quantitative estimate of drug-likeness (QED) is 0.266. The van der Waals surface area contributed by atoms with E-state index in [-0.39, 0.29) is 0 Å². The Hall–Kier alpha value is -0.770. The zero-order valence-corrected chi connectivity index (χ0v) is 8.04. The van der Waals surface area contributed by atoms with Gasteiger partial charge < -0.3 is 4.90 Å². The molecule has 0 heterocycles. The maximum absolute atomic E-state index is 5.29. The molecule has 1 fully saturated rings. The lowest BCUT2D eigenvalue weighted by molar-refractivity contribution is 0.446. The van der Waals surface area contributed by atoms with Gasteiger partial charge in [-0.05, 0) is 18.3 Å². The first kappa shape index (κ1) is 9.32. The van der Waals surface area contributed by atoms with Crippen LogP contribution in [0.3, 0.4) is 0 Å². The van der Waals surface area contributed by atoms with E-state index in [4.69, 9.17) is 5.84 Å². The van der Waals surface area contributed by atoms with Gasteiger partial charge in [-0.25, -0.2) is 5.84 Å². The van der Waals surface area contributed by atoms with Gasteiger partial charge in [-0.15, -0.1) is 0 Å². The molecule has 0 bridgehead atoms. The van der Waals surface area contributed by atoms with Crippen LogP contribution in [0.15, 0.2) is 4.99 Å². The lowest BCUT2D eigenvalue weighted by Crippen LogP contribution is -2.43. The molecule has 0 aromatic rings. The normalized spacial score (nSPS) is 28.5. The lowest BCUT2D eigenvalue weighted by atomic mass is 10.3. The second-order valence-electron chi connectivity index (χ2n) is 3.55. The van der Waals surface area contributed by atoms with E-state index in [1.807, 2.05) is 7.05 Å². The molecule has 0 radical (unpaired) electrons. The highest BCUT2D eigenvalue weighted by Gasteiger charge is 2.33. The maximum Gasteiger partial charge on any atom is 0.207 e. The summed E-state index contributed by atoms with van der Waals surface area (Å²) in [5.74, 6) is 7.76. The molecule has 12 heavy (non-hydrogen) atoms. The fourth-order valence-electron chi connectivity index (χ4n) is 1.44. The fourth-order valence-corrected chi connectivity index (χ4v) is 1.44. The molecule has 0 spiro atoms. The zero-order valence-electron chi connectivity index (χ0n) is 8.04. The second kappa shape index (κ2) is 3.76. The Morgan fingerprint density at radius 2 is 2.33 bits per heavy atom. The summed E-state index contributed by atoms with van der Waals surface area (Å²) in [5, 5.41) is 0. The fraction of sp³-hybridized carbons (Fsp3) is 0.875. The molecule has 0 amide bonds. The molecule has 70 valence electrons. The third-order valence-corrected chi connectivity index (χ3v) is 2.49. The summed E-state index contributed by atoms with van der Waals surface area (Å²) in [6, 6.07) is 0. The first-order chi connectivity index (χ1) is 5.69. The standard InChI is InChI=1S/C8H18N4/c1-6-4-7(6)5-12(3)8(10-2)11-9/h6-7H,4-5,9H2,1-3H3,(H,10,11). The largest absolute Gasteiger partial charge is 0.345 e. The van der Waals surface area contributed by atoms with Crippen molar-refractivity contribution in [3.8, 4) is 0 Å². The van der Waals surface area contributed by atoms with Crippen LogP contribution in [0.4, 0.5) is 0 Å². The van der Waals surface area contributed by atoms with E-state index in [9.17, 15) is 0 Å². The van der Waals surface area contributed by atoms with Crippen LogP contribution >= 0.6 is 0 Å². The van der Waals surface area contributed by atoms with Crippen molar-refractivity contribution in [2.45, 2.75) is 13.3 Å². The van der Waals surface area contributed by atoms with Crippen molar-refractivity contribution in [3.63, 3.8) is 0 Å². The molecule has 4 heteroatoms. The van der Waals surface area contributed by atoms with Crippen molar-refractivity contribution in [2.24, 2.45) is 22.7 Å². The monoisotopic (exact) mass is 170 g/mol. The Morgan fingerprint density at radius 3 is 2.67 bits per heavy atom. The summed E-state index contributed by atoms with van der Waals surface area (Å²) in [4.78, 5) is 6.08. The molecular formula is C8H18N4. The van der Waals surface area contributed by atoms with Crippen molar-refractivity contribution in [2.75, 3.05) is 20.6 Å². The average Bonchev–Trinajstić information content (AvgIpc) is 2.69. The SMILES string of the molecule is CN=C(NN)N(C)CC1CC1C. The molecule has 0 aliphatic heterocycles. The van der Waals surface area contributed by atoms with Crippen LogP contribution in [-0.4, -0.2) is 31.5 Å². The highest BCUT2D eigenvalue weighted by Crippen LogP contribution is 2.37. The van der Waals surface area contributed by atoms with Gasteiger partial charge in [0.25, 0.3) is 0 Å². The summed E-state index contributed by atoms with van der Waals surface area (Å²) in [6.07, 6.45) is 1.34. The van der Waals surface area contributed by atoms with Gasteiger partial charge in [0.15, 0.2) is 0 Å². The summed E-state index contributed by atoms with van der Waals surface area (Å²) in [6.45, 7) is 3.33. The van der Waals surface area contributed by atoms with Crippen LogP contribution in [0.1, 0.15) is 13.3 Å². The Bertz CT molecular complexity index is 178. The van der Waals surface area contributed by atoms with E-state index in [0.29, 0.717) is 0 Å². The molecule has 4 nitrogen and oxygen atoms in total. The van der Waals surface area contributed by atoms with Gasteiger partial charge >= 0.3 is 0 Å². The molecule has 0 saturated heterocycles. The number of hydrazine groups is 1. The molecule has 3 N–H and O–H groups in total. The Labute approximate surface area is 73.8 Å². The first-order valence-electron chi connectivity index (χ1n) is 4.33. The lowest BCUT2D eigenvalue weighted by Gasteiger charge is -2.19. The van der Waals surface area contributed by atoms with E-state index in [2.05, 4.69) is 22.2 Å². The van der Waals surface area contributed by atoms with Gasteiger partial charge in [0.05, 0.1) is 0 Å². The van der Waals surface area contributed by atoms with E-state index in [1.165, 1.54) is 6.42 Å². The number of rotatable bonds is 2.